The van der Waals surface area contributed by atoms with Crippen LogP contribution in [0, 0.1) is 0 Å². The van der Waals surface area contributed by atoms with Gasteiger partial charge in [-0.25, -0.2) is 0 Å². The first-order valence-corrected chi connectivity index (χ1v) is 6.65. The van der Waals surface area contributed by atoms with Crippen molar-refractivity contribution in [2.75, 3.05) is 13.7 Å². The van der Waals surface area contributed by atoms with Crippen molar-refractivity contribution in [1.82, 2.24) is 5.32 Å². The SMILES string of the molecule is CNC1CCc2c(OCCC(C)(C)O)cccc21. The maximum absolute atomic E-state index is 9.68. The van der Waals surface area contributed by atoms with Crippen LogP contribution in [0.5, 0.6) is 5.75 Å². The van der Waals surface area contributed by atoms with Gasteiger partial charge in [-0.05, 0) is 50.9 Å². The third kappa shape index (κ3) is 3.03. The normalized spacial score (nSPS) is 18.8. The highest BCUT2D eigenvalue weighted by Gasteiger charge is 2.24. The van der Waals surface area contributed by atoms with E-state index in [1.165, 1.54) is 11.1 Å². The van der Waals surface area contributed by atoms with Crippen molar-refractivity contribution in [3.05, 3.63) is 29.3 Å². The maximum atomic E-state index is 9.68. The third-order valence-corrected chi connectivity index (χ3v) is 3.55. The van der Waals surface area contributed by atoms with E-state index in [4.69, 9.17) is 4.74 Å². The molecule has 3 nitrogen and oxygen atoms in total. The van der Waals surface area contributed by atoms with Gasteiger partial charge in [0.15, 0.2) is 0 Å². The monoisotopic (exact) mass is 249 g/mol. The van der Waals surface area contributed by atoms with Gasteiger partial charge in [0.25, 0.3) is 0 Å². The number of rotatable bonds is 5. The van der Waals surface area contributed by atoms with E-state index in [2.05, 4.69) is 11.4 Å². The summed E-state index contributed by atoms with van der Waals surface area (Å²) in [6.07, 6.45) is 2.85. The number of hydrogen-bond acceptors (Lipinski definition) is 3. The summed E-state index contributed by atoms with van der Waals surface area (Å²) in [7, 11) is 2.00. The van der Waals surface area contributed by atoms with E-state index < -0.39 is 5.60 Å². The predicted octanol–water partition coefficient (Wildman–Crippen LogP) is 2.43. The third-order valence-electron chi connectivity index (χ3n) is 3.55. The molecule has 1 atom stereocenters. The van der Waals surface area contributed by atoms with E-state index in [0.717, 1.165) is 18.6 Å². The molecule has 0 amide bonds. The van der Waals surface area contributed by atoms with Crippen LogP contribution in [0.15, 0.2) is 18.2 Å². The molecule has 0 radical (unpaired) electrons. The van der Waals surface area contributed by atoms with Gasteiger partial charge in [0.2, 0.25) is 0 Å². The fraction of sp³-hybridized carbons (Fsp3) is 0.600. The first kappa shape index (κ1) is 13.4. The number of hydrogen-bond donors (Lipinski definition) is 2. The number of benzene rings is 1. The molecule has 0 saturated heterocycles. The Balaban J connectivity index is 2.04. The highest BCUT2D eigenvalue weighted by molar-refractivity contribution is 5.45. The fourth-order valence-electron chi connectivity index (χ4n) is 2.47. The van der Waals surface area contributed by atoms with Crippen LogP contribution < -0.4 is 10.1 Å². The van der Waals surface area contributed by atoms with Crippen LogP contribution in [0.25, 0.3) is 0 Å². The van der Waals surface area contributed by atoms with E-state index in [9.17, 15) is 5.11 Å². The Morgan fingerprint density at radius 2 is 2.22 bits per heavy atom. The summed E-state index contributed by atoms with van der Waals surface area (Å²) in [6.45, 7) is 4.18. The highest BCUT2D eigenvalue weighted by atomic mass is 16.5. The predicted molar refractivity (Wildman–Crippen MR) is 73.0 cm³/mol. The van der Waals surface area contributed by atoms with E-state index in [-0.39, 0.29) is 0 Å². The Hall–Kier alpha value is -1.06. The summed E-state index contributed by atoms with van der Waals surface area (Å²) in [5.41, 5.74) is 2.02. The van der Waals surface area contributed by atoms with Crippen molar-refractivity contribution in [2.45, 2.75) is 44.8 Å². The van der Waals surface area contributed by atoms with E-state index in [1.807, 2.05) is 33.0 Å². The summed E-state index contributed by atoms with van der Waals surface area (Å²) in [5.74, 6) is 0.981. The first-order chi connectivity index (χ1) is 8.51. The van der Waals surface area contributed by atoms with E-state index in [0.29, 0.717) is 19.1 Å². The summed E-state index contributed by atoms with van der Waals surface area (Å²) >= 11 is 0. The van der Waals surface area contributed by atoms with Crippen LogP contribution in [-0.4, -0.2) is 24.4 Å². The molecule has 1 aromatic carbocycles. The van der Waals surface area contributed by atoms with Crippen LogP contribution in [0.3, 0.4) is 0 Å². The second-order valence-corrected chi connectivity index (χ2v) is 5.61. The molecule has 0 saturated carbocycles. The molecule has 0 spiro atoms. The zero-order valence-electron chi connectivity index (χ0n) is 11.5. The molecule has 2 N–H and O–H groups in total. The Morgan fingerprint density at radius 3 is 2.89 bits per heavy atom. The molecule has 1 aliphatic carbocycles. The lowest BCUT2D eigenvalue weighted by Gasteiger charge is -2.18. The lowest BCUT2D eigenvalue weighted by molar-refractivity contribution is 0.0552. The smallest absolute Gasteiger partial charge is 0.122 e. The average molecular weight is 249 g/mol. The van der Waals surface area contributed by atoms with Crippen molar-refractivity contribution < 1.29 is 9.84 Å². The van der Waals surface area contributed by atoms with Crippen LogP contribution in [0.2, 0.25) is 0 Å². The van der Waals surface area contributed by atoms with Crippen LogP contribution in [0.1, 0.15) is 43.9 Å². The zero-order chi connectivity index (χ0) is 13.2. The van der Waals surface area contributed by atoms with Gasteiger partial charge in [-0.2, -0.15) is 0 Å². The standard InChI is InChI=1S/C15H23NO2/c1-15(2,17)9-10-18-14-6-4-5-11-12(14)7-8-13(11)16-3/h4-6,13,16-17H,7-10H2,1-3H3. The van der Waals surface area contributed by atoms with Gasteiger partial charge < -0.3 is 15.2 Å². The molecule has 1 aliphatic rings. The van der Waals surface area contributed by atoms with Crippen molar-refractivity contribution in [3.8, 4) is 5.75 Å². The average Bonchev–Trinajstić information content (AvgIpc) is 2.71. The van der Waals surface area contributed by atoms with Crippen molar-refractivity contribution in [1.29, 1.82) is 0 Å². The summed E-state index contributed by atoms with van der Waals surface area (Å²) in [5, 5.41) is 13.0. The molecule has 1 aromatic rings. The van der Waals surface area contributed by atoms with Gasteiger partial charge in [-0.1, -0.05) is 12.1 Å². The molecule has 0 fully saturated rings. The molecule has 2 rings (SSSR count). The minimum absolute atomic E-state index is 0.456. The Kier molecular flexibility index (Phi) is 3.93. The van der Waals surface area contributed by atoms with Crippen molar-refractivity contribution in [3.63, 3.8) is 0 Å². The molecule has 3 heteroatoms. The molecular weight excluding hydrogens is 226 g/mol. The zero-order valence-corrected chi connectivity index (χ0v) is 11.5. The second kappa shape index (κ2) is 5.29. The minimum Gasteiger partial charge on any atom is -0.493 e. The Bertz CT molecular complexity index is 409. The van der Waals surface area contributed by atoms with E-state index in [1.54, 1.807) is 0 Å². The number of fused-ring (bicyclic) bond motifs is 1. The van der Waals surface area contributed by atoms with Crippen molar-refractivity contribution in [2.24, 2.45) is 0 Å². The lowest BCUT2D eigenvalue weighted by Crippen LogP contribution is -2.22. The van der Waals surface area contributed by atoms with Crippen LogP contribution in [0.4, 0.5) is 0 Å². The van der Waals surface area contributed by atoms with Crippen LogP contribution >= 0.6 is 0 Å². The van der Waals surface area contributed by atoms with Crippen LogP contribution in [-0.2, 0) is 6.42 Å². The molecule has 100 valence electrons. The molecule has 0 aromatic heterocycles. The molecule has 1 unspecified atom stereocenters. The van der Waals surface area contributed by atoms with Crippen molar-refractivity contribution >= 4 is 0 Å². The molecular formula is C15H23NO2. The molecule has 18 heavy (non-hydrogen) atoms. The molecule has 0 heterocycles. The summed E-state index contributed by atoms with van der Waals surface area (Å²) < 4.78 is 5.83. The molecule has 0 aliphatic heterocycles. The van der Waals surface area contributed by atoms with Gasteiger partial charge in [0.1, 0.15) is 5.75 Å². The largest absolute Gasteiger partial charge is 0.493 e. The summed E-state index contributed by atoms with van der Waals surface area (Å²) in [6, 6.07) is 6.71. The maximum Gasteiger partial charge on any atom is 0.122 e. The summed E-state index contributed by atoms with van der Waals surface area (Å²) in [4.78, 5) is 0. The van der Waals surface area contributed by atoms with Gasteiger partial charge >= 0.3 is 0 Å². The van der Waals surface area contributed by atoms with Gasteiger partial charge in [0.05, 0.1) is 12.2 Å². The molecule has 0 bridgehead atoms. The number of ether oxygens (including phenoxy) is 1. The Labute approximate surface area is 109 Å². The highest BCUT2D eigenvalue weighted by Crippen LogP contribution is 2.36. The fourth-order valence-corrected chi connectivity index (χ4v) is 2.47. The number of aliphatic hydroxyl groups is 1. The second-order valence-electron chi connectivity index (χ2n) is 5.61. The minimum atomic E-state index is -0.661. The van der Waals surface area contributed by atoms with E-state index >= 15 is 0 Å². The number of nitrogens with one attached hydrogen (secondary N) is 1. The quantitative estimate of drug-likeness (QED) is 0.842. The van der Waals surface area contributed by atoms with Gasteiger partial charge in [-0.3, -0.25) is 0 Å². The topological polar surface area (TPSA) is 41.5 Å². The first-order valence-electron chi connectivity index (χ1n) is 6.65. The lowest BCUT2D eigenvalue weighted by atomic mass is 10.1. The Morgan fingerprint density at radius 1 is 1.44 bits per heavy atom. The van der Waals surface area contributed by atoms with Gasteiger partial charge in [-0.15, -0.1) is 0 Å². The van der Waals surface area contributed by atoms with Gasteiger partial charge in [0, 0.05) is 12.5 Å².